The molecular weight excluding hydrogens is 293 g/mol. The average Bonchev–Trinajstić information content (AvgIpc) is 2.44. The van der Waals surface area contributed by atoms with Gasteiger partial charge in [0.05, 0.1) is 0 Å². The topological polar surface area (TPSA) is 20.3 Å². The first-order valence-electron chi connectivity index (χ1n) is 6.73. The van der Waals surface area contributed by atoms with E-state index in [4.69, 9.17) is 0 Å². The van der Waals surface area contributed by atoms with Crippen LogP contribution in [0.1, 0.15) is 32.1 Å². The van der Waals surface area contributed by atoms with Gasteiger partial charge in [-0.15, -0.1) is 0 Å². The molecule has 0 saturated carbocycles. The van der Waals surface area contributed by atoms with Gasteiger partial charge in [0.2, 0.25) is 5.82 Å². The molecule has 2 heterocycles. The van der Waals surface area contributed by atoms with Crippen LogP contribution in [0, 0.1) is 29.1 Å². The highest BCUT2D eigenvalue weighted by Crippen LogP contribution is 2.40. The third-order valence-corrected chi connectivity index (χ3v) is 4.23. The van der Waals surface area contributed by atoms with Gasteiger partial charge in [0.25, 0.3) is 0 Å². The van der Waals surface area contributed by atoms with E-state index in [-0.39, 0.29) is 18.6 Å². The zero-order valence-corrected chi connectivity index (χ0v) is 10.9. The first kappa shape index (κ1) is 14.3. The number of nitrogens with zero attached hydrogens (tertiary/aromatic N) is 1. The van der Waals surface area contributed by atoms with E-state index in [1.165, 1.54) is 4.90 Å². The molecule has 114 valence electrons. The molecule has 1 aromatic carbocycles. The number of ketones is 1. The van der Waals surface area contributed by atoms with E-state index < -0.39 is 46.9 Å². The second-order valence-corrected chi connectivity index (χ2v) is 5.51. The highest BCUT2D eigenvalue weighted by atomic mass is 19.2. The first-order chi connectivity index (χ1) is 9.91. The van der Waals surface area contributed by atoms with E-state index in [2.05, 4.69) is 0 Å². The Balaban J connectivity index is 2.14. The van der Waals surface area contributed by atoms with Crippen LogP contribution in [-0.2, 0) is 4.79 Å². The second kappa shape index (κ2) is 4.96. The molecule has 7 heteroatoms. The van der Waals surface area contributed by atoms with E-state index in [1.807, 2.05) is 0 Å². The zero-order chi connectivity index (χ0) is 15.3. The Morgan fingerprint density at radius 3 is 1.67 bits per heavy atom. The van der Waals surface area contributed by atoms with Crippen LogP contribution in [-0.4, -0.2) is 17.9 Å². The van der Waals surface area contributed by atoms with Gasteiger partial charge in [-0.2, -0.15) is 0 Å². The lowest BCUT2D eigenvalue weighted by Gasteiger charge is -2.47. The van der Waals surface area contributed by atoms with Crippen LogP contribution in [0.15, 0.2) is 0 Å². The third kappa shape index (κ3) is 2.10. The summed E-state index contributed by atoms with van der Waals surface area (Å²) in [6.45, 7) is 0. The fraction of sp³-hybridized carbons (Fsp3) is 0.500. The van der Waals surface area contributed by atoms with Gasteiger partial charge in [-0.05, 0) is 19.3 Å². The minimum atomic E-state index is -2.16. The minimum Gasteiger partial charge on any atom is -0.360 e. The number of Topliss-reactive ketones (excluding diaryl/α,β-unsaturated/α-hetero) is 1. The molecule has 2 bridgehead atoms. The first-order valence-corrected chi connectivity index (χ1v) is 6.73. The summed E-state index contributed by atoms with van der Waals surface area (Å²) in [4.78, 5) is 12.8. The van der Waals surface area contributed by atoms with Gasteiger partial charge in [-0.25, -0.2) is 22.0 Å². The lowest BCUT2D eigenvalue weighted by atomic mass is 9.83. The lowest BCUT2D eigenvalue weighted by molar-refractivity contribution is -0.121. The van der Waals surface area contributed by atoms with Gasteiger partial charge in [0.15, 0.2) is 23.3 Å². The Kier molecular flexibility index (Phi) is 3.37. The van der Waals surface area contributed by atoms with Crippen molar-refractivity contribution < 1.29 is 26.7 Å². The van der Waals surface area contributed by atoms with Crippen LogP contribution >= 0.6 is 0 Å². The molecule has 3 rings (SSSR count). The standard InChI is InChI=1S/C14H12F5NO/c15-9-10(16)12(18)14(13(19)11(9)17)20-6-2-1-3-7(20)5-8(21)4-6/h6-7H,1-5H2. The maximum Gasteiger partial charge on any atom is 0.200 e. The molecule has 0 amide bonds. The number of carbonyl (C=O) groups excluding carboxylic acids is 1. The van der Waals surface area contributed by atoms with Gasteiger partial charge < -0.3 is 4.90 Å². The van der Waals surface area contributed by atoms with Crippen LogP contribution in [0.3, 0.4) is 0 Å². The summed E-state index contributed by atoms with van der Waals surface area (Å²) in [5, 5.41) is 0. The Morgan fingerprint density at radius 1 is 0.762 bits per heavy atom. The van der Waals surface area contributed by atoms with Crippen molar-refractivity contribution in [2.75, 3.05) is 4.90 Å². The summed E-state index contributed by atoms with van der Waals surface area (Å²) >= 11 is 0. The summed E-state index contributed by atoms with van der Waals surface area (Å²) in [5.41, 5.74) is -0.895. The molecule has 0 aromatic heterocycles. The van der Waals surface area contributed by atoms with Crippen LogP contribution in [0.2, 0.25) is 0 Å². The molecule has 0 aliphatic carbocycles. The van der Waals surface area contributed by atoms with Gasteiger partial charge in [0.1, 0.15) is 11.5 Å². The molecule has 2 atom stereocenters. The quantitative estimate of drug-likeness (QED) is 0.450. The molecule has 2 fully saturated rings. The normalized spacial score (nSPS) is 25.4. The van der Waals surface area contributed by atoms with Crippen molar-refractivity contribution in [1.29, 1.82) is 0 Å². The van der Waals surface area contributed by atoms with Crippen LogP contribution in [0.4, 0.5) is 27.6 Å². The van der Waals surface area contributed by atoms with Crippen molar-refractivity contribution in [3.63, 3.8) is 0 Å². The van der Waals surface area contributed by atoms with Crippen molar-refractivity contribution in [3.8, 4) is 0 Å². The van der Waals surface area contributed by atoms with Crippen molar-refractivity contribution in [3.05, 3.63) is 29.1 Å². The number of hydrogen-bond acceptors (Lipinski definition) is 2. The van der Waals surface area contributed by atoms with Crippen molar-refractivity contribution in [2.24, 2.45) is 0 Å². The van der Waals surface area contributed by atoms with Crippen molar-refractivity contribution >= 4 is 11.5 Å². The fourth-order valence-electron chi connectivity index (χ4n) is 3.36. The summed E-state index contributed by atoms with van der Waals surface area (Å²) in [6, 6.07) is -1.00. The number of rotatable bonds is 1. The van der Waals surface area contributed by atoms with E-state index in [0.29, 0.717) is 12.8 Å². The Labute approximate surface area is 117 Å². The lowest BCUT2D eigenvalue weighted by Crippen LogP contribution is -2.53. The molecule has 0 radical (unpaired) electrons. The van der Waals surface area contributed by atoms with Gasteiger partial charge in [-0.1, -0.05) is 0 Å². The van der Waals surface area contributed by atoms with Crippen LogP contribution in [0.5, 0.6) is 0 Å². The maximum atomic E-state index is 13.9. The SMILES string of the molecule is O=C1CC2CCCC(C1)N2c1c(F)c(F)c(F)c(F)c1F. The monoisotopic (exact) mass is 305 g/mol. The molecule has 2 saturated heterocycles. The van der Waals surface area contributed by atoms with Gasteiger partial charge >= 0.3 is 0 Å². The second-order valence-electron chi connectivity index (χ2n) is 5.51. The largest absolute Gasteiger partial charge is 0.360 e. The van der Waals surface area contributed by atoms with E-state index >= 15 is 0 Å². The number of anilines is 1. The summed E-state index contributed by atoms with van der Waals surface area (Å²) in [6.07, 6.45) is 1.93. The molecule has 2 aliphatic rings. The minimum absolute atomic E-state index is 0.0372. The van der Waals surface area contributed by atoms with Crippen LogP contribution < -0.4 is 4.90 Å². The summed E-state index contributed by atoms with van der Waals surface area (Å²) in [5.74, 6) is -9.73. The number of fused-ring (bicyclic) bond motifs is 2. The summed E-state index contributed by atoms with van der Waals surface area (Å²) in [7, 11) is 0. The number of hydrogen-bond donors (Lipinski definition) is 0. The van der Waals surface area contributed by atoms with Crippen molar-refractivity contribution in [2.45, 2.75) is 44.2 Å². The van der Waals surface area contributed by atoms with Crippen molar-refractivity contribution in [1.82, 2.24) is 0 Å². The molecule has 0 spiro atoms. The number of carbonyl (C=O) groups is 1. The number of benzene rings is 1. The van der Waals surface area contributed by atoms with E-state index in [0.717, 1.165) is 6.42 Å². The highest BCUT2D eigenvalue weighted by molar-refractivity contribution is 5.82. The fourth-order valence-corrected chi connectivity index (χ4v) is 3.36. The summed E-state index contributed by atoms with van der Waals surface area (Å²) < 4.78 is 67.7. The molecule has 1 aromatic rings. The Bertz CT molecular complexity index is 573. The molecular formula is C14H12F5NO. The van der Waals surface area contributed by atoms with E-state index in [9.17, 15) is 26.7 Å². The van der Waals surface area contributed by atoms with E-state index in [1.54, 1.807) is 0 Å². The predicted octanol–water partition coefficient (Wildman–Crippen LogP) is 3.47. The maximum absolute atomic E-state index is 13.9. The predicted molar refractivity (Wildman–Crippen MR) is 64.4 cm³/mol. The molecule has 21 heavy (non-hydrogen) atoms. The average molecular weight is 305 g/mol. The van der Waals surface area contributed by atoms with Gasteiger partial charge in [0, 0.05) is 24.9 Å². The Hall–Kier alpha value is -1.66. The molecule has 0 N–H and O–H groups in total. The Morgan fingerprint density at radius 2 is 1.19 bits per heavy atom. The smallest absolute Gasteiger partial charge is 0.200 e. The van der Waals surface area contributed by atoms with Crippen LogP contribution in [0.25, 0.3) is 0 Å². The molecule has 2 aliphatic heterocycles. The van der Waals surface area contributed by atoms with Gasteiger partial charge in [-0.3, -0.25) is 4.79 Å². The highest BCUT2D eigenvalue weighted by Gasteiger charge is 2.42. The third-order valence-electron chi connectivity index (χ3n) is 4.23. The number of halogens is 5. The number of piperidine rings is 2. The zero-order valence-electron chi connectivity index (χ0n) is 10.9. The molecule has 2 nitrogen and oxygen atoms in total. The molecule has 2 unspecified atom stereocenters.